The lowest BCUT2D eigenvalue weighted by Gasteiger charge is -2.26. The fourth-order valence-electron chi connectivity index (χ4n) is 3.19. The Labute approximate surface area is 87.1 Å². The second-order valence-corrected chi connectivity index (χ2v) is 5.01. The molecule has 1 aliphatic heterocycles. The Morgan fingerprint density at radius 1 is 1.07 bits per heavy atom. The highest BCUT2D eigenvalue weighted by molar-refractivity contribution is 4.86. The van der Waals surface area contributed by atoms with Crippen molar-refractivity contribution < 1.29 is 5.11 Å². The quantitative estimate of drug-likeness (QED) is 0.724. The van der Waals surface area contributed by atoms with Crippen LogP contribution in [-0.2, 0) is 0 Å². The van der Waals surface area contributed by atoms with Crippen molar-refractivity contribution in [2.24, 2.45) is 11.8 Å². The van der Waals surface area contributed by atoms with Crippen molar-refractivity contribution in [2.75, 3.05) is 13.2 Å². The zero-order valence-corrected chi connectivity index (χ0v) is 9.04. The Morgan fingerprint density at radius 2 is 1.86 bits per heavy atom. The molecule has 1 unspecified atom stereocenters. The summed E-state index contributed by atoms with van der Waals surface area (Å²) < 4.78 is 0. The molecule has 1 saturated heterocycles. The average molecular weight is 197 g/mol. The van der Waals surface area contributed by atoms with Crippen LogP contribution in [0.4, 0.5) is 0 Å². The van der Waals surface area contributed by atoms with Gasteiger partial charge < -0.3 is 10.4 Å². The predicted molar refractivity (Wildman–Crippen MR) is 58.2 cm³/mol. The molecule has 2 fully saturated rings. The van der Waals surface area contributed by atoms with Crippen LogP contribution in [0.5, 0.6) is 0 Å². The molecule has 1 aliphatic carbocycles. The van der Waals surface area contributed by atoms with E-state index in [1.54, 1.807) is 0 Å². The van der Waals surface area contributed by atoms with E-state index in [9.17, 15) is 0 Å². The van der Waals surface area contributed by atoms with Crippen LogP contribution in [0, 0.1) is 11.8 Å². The molecule has 0 aromatic rings. The molecule has 0 bridgehead atoms. The van der Waals surface area contributed by atoms with Gasteiger partial charge in [-0.3, -0.25) is 0 Å². The first kappa shape index (κ1) is 10.4. The average Bonchev–Trinajstić information content (AvgIpc) is 2.68. The number of hydrogen-bond donors (Lipinski definition) is 2. The van der Waals surface area contributed by atoms with E-state index in [4.69, 9.17) is 5.11 Å². The summed E-state index contributed by atoms with van der Waals surface area (Å²) >= 11 is 0. The third kappa shape index (κ3) is 2.48. The highest BCUT2D eigenvalue weighted by Gasteiger charge is 2.30. The molecular formula is C12H23NO. The molecule has 2 nitrogen and oxygen atoms in total. The smallest absolute Gasteiger partial charge is 0.0445 e. The molecule has 0 amide bonds. The van der Waals surface area contributed by atoms with E-state index in [0.717, 1.165) is 18.3 Å². The van der Waals surface area contributed by atoms with Crippen LogP contribution >= 0.6 is 0 Å². The molecule has 0 radical (unpaired) electrons. The Morgan fingerprint density at radius 3 is 2.57 bits per heavy atom. The van der Waals surface area contributed by atoms with Gasteiger partial charge in [-0.15, -0.1) is 0 Å². The summed E-state index contributed by atoms with van der Waals surface area (Å²) in [5.41, 5.74) is 0. The van der Waals surface area contributed by atoms with Crippen molar-refractivity contribution in [3.8, 4) is 0 Å². The first-order chi connectivity index (χ1) is 6.90. The summed E-state index contributed by atoms with van der Waals surface area (Å²) in [6.07, 6.45) is 9.53. The second kappa shape index (κ2) is 5.13. The molecule has 0 aromatic carbocycles. The lowest BCUT2D eigenvalue weighted by molar-refractivity contribution is 0.248. The van der Waals surface area contributed by atoms with Gasteiger partial charge in [-0.2, -0.15) is 0 Å². The van der Waals surface area contributed by atoms with Gasteiger partial charge in [-0.1, -0.05) is 32.1 Å². The van der Waals surface area contributed by atoms with Gasteiger partial charge in [0.15, 0.2) is 0 Å². The van der Waals surface area contributed by atoms with Crippen molar-refractivity contribution in [2.45, 2.75) is 51.0 Å². The Balaban J connectivity index is 1.76. The third-order valence-electron chi connectivity index (χ3n) is 4.05. The molecule has 2 rings (SSSR count). The minimum absolute atomic E-state index is 0.342. The minimum Gasteiger partial charge on any atom is -0.396 e. The van der Waals surface area contributed by atoms with Gasteiger partial charge in [0.25, 0.3) is 0 Å². The molecule has 0 aromatic heterocycles. The number of aliphatic hydroxyl groups is 1. The summed E-state index contributed by atoms with van der Waals surface area (Å²) in [4.78, 5) is 0. The molecule has 14 heavy (non-hydrogen) atoms. The van der Waals surface area contributed by atoms with Crippen molar-refractivity contribution in [1.29, 1.82) is 0 Å². The lowest BCUT2D eigenvalue weighted by atomic mass is 9.79. The van der Waals surface area contributed by atoms with Gasteiger partial charge in [0.2, 0.25) is 0 Å². The maximum atomic E-state index is 8.88. The maximum absolute atomic E-state index is 8.88. The van der Waals surface area contributed by atoms with E-state index >= 15 is 0 Å². The number of hydrogen-bond acceptors (Lipinski definition) is 2. The highest BCUT2D eigenvalue weighted by Crippen LogP contribution is 2.34. The number of nitrogens with one attached hydrogen (secondary N) is 1. The van der Waals surface area contributed by atoms with Crippen LogP contribution < -0.4 is 5.32 Å². The summed E-state index contributed by atoms with van der Waals surface area (Å²) in [6, 6.07) is 0.604. The van der Waals surface area contributed by atoms with Crippen molar-refractivity contribution in [3.63, 3.8) is 0 Å². The summed E-state index contributed by atoms with van der Waals surface area (Å²) in [7, 11) is 0. The molecule has 0 spiro atoms. The van der Waals surface area contributed by atoms with Gasteiger partial charge in [0.05, 0.1) is 0 Å². The van der Waals surface area contributed by atoms with Crippen molar-refractivity contribution in [3.05, 3.63) is 0 Å². The number of rotatable bonds is 3. The van der Waals surface area contributed by atoms with Gasteiger partial charge in [0, 0.05) is 12.6 Å². The van der Waals surface area contributed by atoms with Crippen LogP contribution in [0.15, 0.2) is 0 Å². The molecule has 2 aliphatic rings. The zero-order chi connectivity index (χ0) is 9.80. The van der Waals surface area contributed by atoms with Crippen LogP contribution in [0.2, 0.25) is 0 Å². The summed E-state index contributed by atoms with van der Waals surface area (Å²) in [5.74, 6) is 1.90. The molecule has 82 valence electrons. The summed E-state index contributed by atoms with van der Waals surface area (Å²) in [6.45, 7) is 1.55. The fraction of sp³-hybridized carbons (Fsp3) is 1.00. The van der Waals surface area contributed by atoms with Crippen LogP contribution in [0.25, 0.3) is 0 Å². The molecule has 2 heteroatoms. The second-order valence-electron chi connectivity index (χ2n) is 5.01. The van der Waals surface area contributed by atoms with Crippen LogP contribution in [0.3, 0.4) is 0 Å². The van der Waals surface area contributed by atoms with E-state index in [2.05, 4.69) is 5.32 Å². The van der Waals surface area contributed by atoms with Gasteiger partial charge in [-0.25, -0.2) is 0 Å². The fourth-order valence-corrected chi connectivity index (χ4v) is 3.19. The van der Waals surface area contributed by atoms with Gasteiger partial charge >= 0.3 is 0 Å². The summed E-state index contributed by atoms with van der Waals surface area (Å²) in [5, 5.41) is 12.4. The first-order valence-corrected chi connectivity index (χ1v) is 6.24. The van der Waals surface area contributed by atoms with E-state index in [-0.39, 0.29) is 0 Å². The molecule has 2 atom stereocenters. The van der Waals surface area contributed by atoms with Crippen LogP contribution in [0.1, 0.15) is 44.9 Å². The normalized spacial score (nSPS) is 34.9. The largest absolute Gasteiger partial charge is 0.396 e. The Hall–Kier alpha value is -0.0800. The number of aliphatic hydroxyl groups excluding tert-OH is 1. The molecular weight excluding hydrogens is 174 g/mol. The topological polar surface area (TPSA) is 32.3 Å². The minimum atomic E-state index is 0.342. The lowest BCUT2D eigenvalue weighted by Crippen LogP contribution is -2.22. The van der Waals surface area contributed by atoms with Crippen molar-refractivity contribution >= 4 is 0 Å². The predicted octanol–water partition coefficient (Wildman–Crippen LogP) is 1.93. The monoisotopic (exact) mass is 197 g/mol. The maximum Gasteiger partial charge on any atom is 0.0445 e. The van der Waals surface area contributed by atoms with E-state index < -0.39 is 0 Å². The standard InChI is InChI=1S/C12H23NO/c14-7-6-12-8-11(9-13-12)10-4-2-1-3-5-10/h10-14H,1-9H2/t11-,12?/m1/s1. The zero-order valence-electron chi connectivity index (χ0n) is 9.04. The SMILES string of the molecule is OCCC1C[C@@H](C2CCCCC2)CN1. The highest BCUT2D eigenvalue weighted by atomic mass is 16.3. The Bertz CT molecular complexity index is 166. The van der Waals surface area contributed by atoms with E-state index in [1.165, 1.54) is 45.1 Å². The molecule has 2 N–H and O–H groups in total. The van der Waals surface area contributed by atoms with E-state index in [0.29, 0.717) is 12.6 Å². The van der Waals surface area contributed by atoms with E-state index in [1.807, 2.05) is 0 Å². The van der Waals surface area contributed by atoms with Crippen molar-refractivity contribution in [1.82, 2.24) is 5.32 Å². The molecule has 1 saturated carbocycles. The first-order valence-electron chi connectivity index (χ1n) is 6.24. The third-order valence-corrected chi connectivity index (χ3v) is 4.05. The van der Waals surface area contributed by atoms with Gasteiger partial charge in [0.1, 0.15) is 0 Å². The van der Waals surface area contributed by atoms with Gasteiger partial charge in [-0.05, 0) is 31.2 Å². The Kier molecular flexibility index (Phi) is 3.82. The van der Waals surface area contributed by atoms with Crippen LogP contribution in [-0.4, -0.2) is 24.3 Å². The molecule has 1 heterocycles.